The molecule has 0 amide bonds. The van der Waals surface area contributed by atoms with Crippen molar-refractivity contribution in [3.8, 4) is 5.75 Å². The minimum atomic E-state index is -0.301. The zero-order valence-electron chi connectivity index (χ0n) is 13.7. The van der Waals surface area contributed by atoms with Gasteiger partial charge in [0.15, 0.2) is 5.75 Å². The van der Waals surface area contributed by atoms with E-state index in [2.05, 4.69) is 15.9 Å². The van der Waals surface area contributed by atoms with E-state index in [1.807, 2.05) is 48.5 Å². The first-order valence-corrected chi connectivity index (χ1v) is 8.52. The summed E-state index contributed by atoms with van der Waals surface area (Å²) in [5, 5.41) is 1.71. The van der Waals surface area contributed by atoms with E-state index in [0.29, 0.717) is 12.4 Å². The van der Waals surface area contributed by atoms with E-state index in [1.54, 1.807) is 24.3 Å². The molecule has 0 atom stereocenters. The van der Waals surface area contributed by atoms with Crippen molar-refractivity contribution in [1.29, 1.82) is 0 Å². The van der Waals surface area contributed by atoms with E-state index in [-0.39, 0.29) is 5.82 Å². The van der Waals surface area contributed by atoms with Crippen LogP contribution >= 0.6 is 15.9 Å². The molecular formula is C20H17BrFNO2. The second-order valence-electron chi connectivity index (χ2n) is 5.42. The molecule has 0 N–H and O–H groups in total. The van der Waals surface area contributed by atoms with Crippen LogP contribution in [-0.2, 0) is 11.3 Å². The van der Waals surface area contributed by atoms with Gasteiger partial charge in [0.1, 0.15) is 5.82 Å². The van der Waals surface area contributed by atoms with E-state index < -0.39 is 0 Å². The van der Waals surface area contributed by atoms with E-state index >= 15 is 0 Å². The summed E-state index contributed by atoms with van der Waals surface area (Å²) in [6.07, 6.45) is 0. The standard InChI is InChI=1S/C20H17BrFNO2/c1-24-14-15-3-2-4-19(13-15)23(18-9-5-16(21)6-10-18)25-20-11-7-17(22)8-12-20/h2-13H,14H2,1H3. The Hall–Kier alpha value is -2.37. The first-order valence-electron chi connectivity index (χ1n) is 7.73. The molecule has 0 unspecified atom stereocenters. The first-order chi connectivity index (χ1) is 12.2. The van der Waals surface area contributed by atoms with Crippen molar-refractivity contribution in [1.82, 2.24) is 0 Å². The Morgan fingerprint density at radius 2 is 1.64 bits per heavy atom. The minimum absolute atomic E-state index is 0.301. The highest BCUT2D eigenvalue weighted by Gasteiger charge is 2.13. The average molecular weight is 402 g/mol. The fourth-order valence-corrected chi connectivity index (χ4v) is 2.64. The molecule has 3 nitrogen and oxygen atoms in total. The van der Waals surface area contributed by atoms with Crippen LogP contribution in [0, 0.1) is 5.82 Å². The maximum atomic E-state index is 13.2. The smallest absolute Gasteiger partial charge is 0.156 e. The number of hydrogen-bond acceptors (Lipinski definition) is 3. The number of hydrogen-bond donors (Lipinski definition) is 0. The Labute approximate surface area is 154 Å². The topological polar surface area (TPSA) is 21.7 Å². The summed E-state index contributed by atoms with van der Waals surface area (Å²) in [4.78, 5) is 6.03. The molecule has 0 radical (unpaired) electrons. The lowest BCUT2D eigenvalue weighted by atomic mass is 10.2. The molecule has 3 aromatic carbocycles. The molecule has 0 saturated heterocycles. The Kier molecular flexibility index (Phi) is 5.68. The van der Waals surface area contributed by atoms with E-state index in [1.165, 1.54) is 12.1 Å². The molecule has 0 saturated carbocycles. The molecule has 5 heteroatoms. The number of halogens is 2. The van der Waals surface area contributed by atoms with Crippen molar-refractivity contribution in [3.05, 3.63) is 88.6 Å². The Bertz CT molecular complexity index is 822. The van der Waals surface area contributed by atoms with Crippen molar-refractivity contribution < 1.29 is 14.0 Å². The molecule has 128 valence electrons. The fourth-order valence-electron chi connectivity index (χ4n) is 2.37. The van der Waals surface area contributed by atoms with Gasteiger partial charge in [0.05, 0.1) is 18.0 Å². The molecule has 0 aliphatic carbocycles. The van der Waals surface area contributed by atoms with Crippen molar-refractivity contribution in [3.63, 3.8) is 0 Å². The normalized spacial score (nSPS) is 10.5. The molecule has 0 aliphatic heterocycles. The highest BCUT2D eigenvalue weighted by atomic mass is 79.9. The number of anilines is 2. The molecule has 25 heavy (non-hydrogen) atoms. The minimum Gasteiger partial charge on any atom is -0.380 e. The van der Waals surface area contributed by atoms with Crippen LogP contribution in [-0.4, -0.2) is 7.11 Å². The summed E-state index contributed by atoms with van der Waals surface area (Å²) in [6, 6.07) is 21.6. The second-order valence-corrected chi connectivity index (χ2v) is 6.33. The number of ether oxygens (including phenoxy) is 1. The third-order valence-electron chi connectivity index (χ3n) is 3.53. The summed E-state index contributed by atoms with van der Waals surface area (Å²) in [7, 11) is 1.66. The summed E-state index contributed by atoms with van der Waals surface area (Å²) in [5.74, 6) is 0.242. The van der Waals surface area contributed by atoms with Gasteiger partial charge >= 0.3 is 0 Å². The van der Waals surface area contributed by atoms with Gasteiger partial charge in [0, 0.05) is 11.6 Å². The molecule has 0 aromatic heterocycles. The van der Waals surface area contributed by atoms with Crippen LogP contribution in [0.3, 0.4) is 0 Å². The lowest BCUT2D eigenvalue weighted by Crippen LogP contribution is -2.21. The highest BCUT2D eigenvalue weighted by Crippen LogP contribution is 2.29. The Morgan fingerprint density at radius 3 is 2.32 bits per heavy atom. The lowest BCUT2D eigenvalue weighted by molar-refractivity contribution is 0.185. The number of nitrogens with zero attached hydrogens (tertiary/aromatic N) is 1. The van der Waals surface area contributed by atoms with Crippen LogP contribution in [0.25, 0.3) is 0 Å². The second kappa shape index (κ2) is 8.14. The molecular weight excluding hydrogens is 385 g/mol. The van der Waals surface area contributed by atoms with Gasteiger partial charge in [-0.05, 0) is 66.2 Å². The lowest BCUT2D eigenvalue weighted by Gasteiger charge is -2.25. The van der Waals surface area contributed by atoms with Crippen LogP contribution in [0.1, 0.15) is 5.56 Å². The molecule has 0 heterocycles. The third kappa shape index (κ3) is 4.59. The van der Waals surface area contributed by atoms with Gasteiger partial charge in [-0.25, -0.2) is 4.39 Å². The number of methoxy groups -OCH3 is 1. The van der Waals surface area contributed by atoms with Crippen molar-refractivity contribution in [2.75, 3.05) is 12.2 Å². The number of benzene rings is 3. The summed E-state index contributed by atoms with van der Waals surface area (Å²) in [6.45, 7) is 0.512. The van der Waals surface area contributed by atoms with Gasteiger partial charge in [-0.3, -0.25) is 0 Å². The zero-order valence-corrected chi connectivity index (χ0v) is 15.2. The van der Waals surface area contributed by atoms with Gasteiger partial charge in [0.25, 0.3) is 0 Å². The molecule has 0 bridgehead atoms. The van der Waals surface area contributed by atoms with Crippen LogP contribution < -0.4 is 9.90 Å². The molecule has 0 aliphatic rings. The summed E-state index contributed by atoms with van der Waals surface area (Å²) < 4.78 is 19.4. The van der Waals surface area contributed by atoms with Crippen molar-refractivity contribution >= 4 is 27.3 Å². The average Bonchev–Trinajstić information content (AvgIpc) is 2.63. The third-order valence-corrected chi connectivity index (χ3v) is 4.06. The zero-order chi connectivity index (χ0) is 17.6. The van der Waals surface area contributed by atoms with Crippen molar-refractivity contribution in [2.24, 2.45) is 0 Å². The van der Waals surface area contributed by atoms with E-state index in [9.17, 15) is 4.39 Å². The van der Waals surface area contributed by atoms with Gasteiger partial charge in [0.2, 0.25) is 0 Å². The highest BCUT2D eigenvalue weighted by molar-refractivity contribution is 9.10. The van der Waals surface area contributed by atoms with Crippen LogP contribution in [0.15, 0.2) is 77.3 Å². The SMILES string of the molecule is COCc1cccc(N(Oc2ccc(F)cc2)c2ccc(Br)cc2)c1. The molecule has 0 spiro atoms. The fraction of sp³-hybridized carbons (Fsp3) is 0.100. The van der Waals surface area contributed by atoms with Crippen LogP contribution in [0.2, 0.25) is 0 Å². The predicted molar refractivity (Wildman–Crippen MR) is 100 cm³/mol. The van der Waals surface area contributed by atoms with Gasteiger partial charge in [-0.2, -0.15) is 5.06 Å². The van der Waals surface area contributed by atoms with Gasteiger partial charge in [-0.15, -0.1) is 0 Å². The number of rotatable bonds is 6. The quantitative estimate of drug-likeness (QED) is 0.482. The van der Waals surface area contributed by atoms with Crippen molar-refractivity contribution in [2.45, 2.75) is 6.61 Å². The maximum absolute atomic E-state index is 13.2. The predicted octanol–water partition coefficient (Wildman–Crippen LogP) is 5.87. The monoisotopic (exact) mass is 401 g/mol. The summed E-state index contributed by atoms with van der Waals surface area (Å²) in [5.41, 5.74) is 2.73. The molecule has 3 rings (SSSR count). The van der Waals surface area contributed by atoms with E-state index in [0.717, 1.165) is 21.4 Å². The van der Waals surface area contributed by atoms with Crippen LogP contribution in [0.4, 0.5) is 15.8 Å². The first kappa shape index (κ1) is 17.5. The van der Waals surface area contributed by atoms with Gasteiger partial charge in [-0.1, -0.05) is 28.1 Å². The van der Waals surface area contributed by atoms with Gasteiger partial charge < -0.3 is 9.57 Å². The molecule has 3 aromatic rings. The molecule has 0 fully saturated rings. The maximum Gasteiger partial charge on any atom is 0.156 e. The van der Waals surface area contributed by atoms with Crippen LogP contribution in [0.5, 0.6) is 5.75 Å². The Morgan fingerprint density at radius 1 is 0.920 bits per heavy atom. The van der Waals surface area contributed by atoms with E-state index in [4.69, 9.17) is 9.57 Å². The Balaban J connectivity index is 1.97. The summed E-state index contributed by atoms with van der Waals surface area (Å²) >= 11 is 3.44. The largest absolute Gasteiger partial charge is 0.380 e.